The highest BCUT2D eigenvalue weighted by Crippen LogP contribution is 2.06. The topological polar surface area (TPSA) is 39.4 Å². The maximum atomic E-state index is 8.09. The van der Waals surface area contributed by atoms with Gasteiger partial charge in [0.05, 0.1) is 5.69 Å². The summed E-state index contributed by atoms with van der Waals surface area (Å²) in [4.78, 5) is 5.45. The lowest BCUT2D eigenvalue weighted by Crippen LogP contribution is -2.07. The van der Waals surface area contributed by atoms with Crippen LogP contribution in [-0.4, -0.2) is 14.1 Å². The smallest absolute Gasteiger partial charge is 0.206 e. The van der Waals surface area contributed by atoms with Gasteiger partial charge in [-0.1, -0.05) is 0 Å². The molecular formula is C6H7N3. The van der Waals surface area contributed by atoms with Crippen molar-refractivity contribution in [1.29, 1.82) is 5.26 Å². The van der Waals surface area contributed by atoms with Crippen molar-refractivity contribution in [3.05, 3.63) is 11.4 Å². The van der Waals surface area contributed by atoms with Crippen LogP contribution in [-0.2, 0) is 0 Å². The minimum absolute atomic E-state index is 0.808. The fraction of sp³-hybridized carbons (Fsp3) is 0.333. The lowest BCUT2D eigenvalue weighted by Gasteiger charge is -2.01. The van der Waals surface area contributed by atoms with Crippen molar-refractivity contribution in [3.63, 3.8) is 0 Å². The lowest BCUT2D eigenvalue weighted by atomic mass is 10.7. The highest BCUT2D eigenvalue weighted by Gasteiger charge is 2.06. The first-order chi connectivity index (χ1) is 4.25. The SMILES string of the molecule is CN(C)c1cc1=NC#N. The quantitative estimate of drug-likeness (QED) is 0.491. The van der Waals surface area contributed by atoms with E-state index in [-0.39, 0.29) is 0 Å². The van der Waals surface area contributed by atoms with Crippen molar-refractivity contribution >= 4 is 5.69 Å². The highest BCUT2D eigenvalue weighted by molar-refractivity contribution is 5.54. The van der Waals surface area contributed by atoms with Gasteiger partial charge >= 0.3 is 0 Å². The van der Waals surface area contributed by atoms with Crippen molar-refractivity contribution in [3.8, 4) is 6.19 Å². The molecule has 1 aromatic rings. The van der Waals surface area contributed by atoms with Crippen molar-refractivity contribution in [2.45, 2.75) is 0 Å². The third-order valence-electron chi connectivity index (χ3n) is 1.10. The van der Waals surface area contributed by atoms with Gasteiger partial charge in [0.15, 0.2) is 0 Å². The average molecular weight is 121 g/mol. The van der Waals surface area contributed by atoms with Gasteiger partial charge in [-0.25, -0.2) is 0 Å². The number of anilines is 1. The second-order valence-electron chi connectivity index (χ2n) is 2.02. The Hall–Kier alpha value is -1.30. The third kappa shape index (κ3) is 1.08. The molecule has 0 aliphatic carbocycles. The summed E-state index contributed by atoms with van der Waals surface area (Å²) in [5.41, 5.74) is 1.05. The Morgan fingerprint density at radius 3 is 2.67 bits per heavy atom. The van der Waals surface area contributed by atoms with E-state index in [1.807, 2.05) is 25.1 Å². The van der Waals surface area contributed by atoms with Crippen molar-refractivity contribution < 1.29 is 0 Å². The normalized spacial score (nSPS) is 11.9. The zero-order valence-corrected chi connectivity index (χ0v) is 5.42. The van der Waals surface area contributed by atoms with Gasteiger partial charge in [-0.2, -0.15) is 10.3 Å². The van der Waals surface area contributed by atoms with Gasteiger partial charge in [-0.05, 0) is 6.07 Å². The zero-order chi connectivity index (χ0) is 6.85. The summed E-state index contributed by atoms with van der Waals surface area (Å²) in [6, 6.07) is 1.86. The maximum Gasteiger partial charge on any atom is 0.206 e. The molecule has 9 heavy (non-hydrogen) atoms. The van der Waals surface area contributed by atoms with E-state index in [9.17, 15) is 0 Å². The second kappa shape index (κ2) is 1.90. The first-order valence-corrected chi connectivity index (χ1v) is 2.62. The minimum atomic E-state index is 0.808. The molecule has 0 spiro atoms. The minimum Gasteiger partial charge on any atom is -0.376 e. The molecule has 0 aliphatic rings. The molecule has 0 radical (unpaired) electrons. The summed E-state index contributed by atoms with van der Waals surface area (Å²) < 4.78 is 0. The van der Waals surface area contributed by atoms with Crippen LogP contribution in [0.3, 0.4) is 0 Å². The van der Waals surface area contributed by atoms with E-state index in [1.165, 1.54) is 0 Å². The van der Waals surface area contributed by atoms with Crippen LogP contribution < -0.4 is 10.3 Å². The van der Waals surface area contributed by atoms with Crippen LogP contribution in [0.25, 0.3) is 0 Å². The molecule has 0 heterocycles. The van der Waals surface area contributed by atoms with E-state index in [2.05, 4.69) is 4.99 Å². The lowest BCUT2D eigenvalue weighted by molar-refractivity contribution is 1.15. The van der Waals surface area contributed by atoms with Gasteiger partial charge < -0.3 is 4.90 Å². The molecule has 0 aromatic heterocycles. The molecule has 0 bridgehead atoms. The zero-order valence-electron chi connectivity index (χ0n) is 5.42. The molecule has 3 nitrogen and oxygen atoms in total. The number of nitriles is 1. The monoisotopic (exact) mass is 121 g/mol. The van der Waals surface area contributed by atoms with Crippen LogP contribution in [0.1, 0.15) is 0 Å². The van der Waals surface area contributed by atoms with Crippen molar-refractivity contribution in [2.75, 3.05) is 19.0 Å². The Bertz CT molecular complexity index is 257. The van der Waals surface area contributed by atoms with Crippen LogP contribution in [0.4, 0.5) is 5.69 Å². The van der Waals surface area contributed by atoms with E-state index in [1.54, 1.807) is 6.19 Å². The molecule has 0 unspecified atom stereocenters. The summed E-state index contributed by atoms with van der Waals surface area (Å²) in [7, 11) is 3.84. The van der Waals surface area contributed by atoms with Gasteiger partial charge in [-0.15, -0.1) is 0 Å². The predicted molar refractivity (Wildman–Crippen MR) is 34.3 cm³/mol. The van der Waals surface area contributed by atoms with Gasteiger partial charge in [0.2, 0.25) is 6.19 Å². The molecule has 1 rings (SSSR count). The van der Waals surface area contributed by atoms with Crippen LogP contribution in [0, 0.1) is 11.5 Å². The molecule has 0 N–H and O–H groups in total. The van der Waals surface area contributed by atoms with Gasteiger partial charge in [0.25, 0.3) is 0 Å². The summed E-state index contributed by atoms with van der Waals surface area (Å²) in [5.74, 6) is 0. The van der Waals surface area contributed by atoms with E-state index >= 15 is 0 Å². The van der Waals surface area contributed by atoms with E-state index in [4.69, 9.17) is 5.26 Å². The Kier molecular flexibility index (Phi) is 1.23. The molecule has 46 valence electrons. The van der Waals surface area contributed by atoms with Gasteiger partial charge in [0, 0.05) is 14.1 Å². The predicted octanol–water partition coefficient (Wildman–Crippen LogP) is 0.00998. The third-order valence-corrected chi connectivity index (χ3v) is 1.10. The van der Waals surface area contributed by atoms with Gasteiger partial charge in [0.1, 0.15) is 5.36 Å². The number of hydrogen-bond acceptors (Lipinski definition) is 3. The molecule has 0 atom stereocenters. The number of hydrogen-bond donors (Lipinski definition) is 0. The maximum absolute atomic E-state index is 8.09. The molecule has 0 saturated carbocycles. The first kappa shape index (κ1) is 5.83. The Morgan fingerprint density at radius 2 is 2.33 bits per heavy atom. The average Bonchev–Trinajstić information content (AvgIpc) is 2.47. The fourth-order valence-electron chi connectivity index (χ4n) is 0.595. The summed E-state index contributed by atoms with van der Waals surface area (Å²) >= 11 is 0. The number of nitrogens with zero attached hydrogens (tertiary/aromatic N) is 3. The van der Waals surface area contributed by atoms with Crippen LogP contribution >= 0.6 is 0 Å². The number of rotatable bonds is 1. The summed E-state index contributed by atoms with van der Waals surface area (Å²) in [6.07, 6.45) is 1.72. The van der Waals surface area contributed by atoms with Crippen LogP contribution in [0.5, 0.6) is 0 Å². The van der Waals surface area contributed by atoms with E-state index in [0.29, 0.717) is 0 Å². The van der Waals surface area contributed by atoms with Crippen molar-refractivity contribution in [2.24, 2.45) is 4.99 Å². The molecule has 3 heteroatoms. The molecule has 0 fully saturated rings. The van der Waals surface area contributed by atoms with Crippen LogP contribution in [0.15, 0.2) is 11.1 Å². The molecule has 0 aliphatic heterocycles. The first-order valence-electron chi connectivity index (χ1n) is 2.62. The standard InChI is InChI=1S/C6H7N3/c1-9(2)6-3-5(6)8-4-7/h3H,1-2H3. The molecular weight excluding hydrogens is 114 g/mol. The summed E-state index contributed by atoms with van der Waals surface area (Å²) in [6.45, 7) is 0. The Morgan fingerprint density at radius 1 is 1.67 bits per heavy atom. The highest BCUT2D eigenvalue weighted by atomic mass is 15.1. The molecule has 0 saturated heterocycles. The second-order valence-corrected chi connectivity index (χ2v) is 2.02. The Balaban J connectivity index is 2.74. The largest absolute Gasteiger partial charge is 0.376 e. The van der Waals surface area contributed by atoms with E-state index < -0.39 is 0 Å². The van der Waals surface area contributed by atoms with Gasteiger partial charge in [-0.3, -0.25) is 0 Å². The fourth-order valence-corrected chi connectivity index (χ4v) is 0.595. The summed E-state index contributed by atoms with van der Waals surface area (Å²) in [5, 5.41) is 8.89. The Labute approximate surface area is 53.5 Å². The van der Waals surface area contributed by atoms with Crippen molar-refractivity contribution in [1.82, 2.24) is 0 Å². The molecule has 0 amide bonds. The molecule has 1 aromatic carbocycles. The van der Waals surface area contributed by atoms with Crippen LogP contribution in [0.2, 0.25) is 0 Å². The van der Waals surface area contributed by atoms with E-state index in [0.717, 1.165) is 11.0 Å².